The second-order valence-electron chi connectivity index (χ2n) is 2.64. The number of aliphatic hydroxyl groups excluding tert-OH is 1. The van der Waals surface area contributed by atoms with Gasteiger partial charge in [0.15, 0.2) is 0 Å². The number of aliphatic hydroxyl groups is 1. The van der Waals surface area contributed by atoms with E-state index in [1.807, 2.05) is 23.5 Å². The smallest absolute Gasteiger partial charge is 0.0438 e. The van der Waals surface area contributed by atoms with E-state index < -0.39 is 0 Å². The van der Waals surface area contributed by atoms with Crippen LogP contribution in [0, 0.1) is 0 Å². The van der Waals surface area contributed by atoms with Crippen LogP contribution in [0.15, 0.2) is 0 Å². The predicted octanol–water partition coefficient (Wildman–Crippen LogP) is 1.44. The Bertz CT molecular complexity index is 83.7. The summed E-state index contributed by atoms with van der Waals surface area (Å²) >= 11 is 3.89. The van der Waals surface area contributed by atoms with E-state index in [1.54, 1.807) is 0 Å². The lowest BCUT2D eigenvalue weighted by Crippen LogP contribution is -2.20. The molecule has 0 aliphatic rings. The third kappa shape index (κ3) is 12.6. The zero-order chi connectivity index (χ0) is 9.78. The zero-order valence-corrected chi connectivity index (χ0v) is 10.1. The van der Waals surface area contributed by atoms with Crippen molar-refractivity contribution < 1.29 is 5.11 Å². The van der Waals surface area contributed by atoms with Gasteiger partial charge in [-0.25, -0.2) is 0 Å². The maximum absolute atomic E-state index is 8.53. The van der Waals surface area contributed by atoms with Gasteiger partial charge in [-0.05, 0) is 17.9 Å². The molecule has 0 aliphatic carbocycles. The summed E-state index contributed by atoms with van der Waals surface area (Å²) in [6.45, 7) is 4.74. The second-order valence-corrected chi connectivity index (χ2v) is 5.26. The van der Waals surface area contributed by atoms with Gasteiger partial charge in [-0.1, -0.05) is 6.92 Å². The Balaban J connectivity index is 2.76. The molecule has 0 aliphatic heterocycles. The van der Waals surface area contributed by atoms with E-state index in [0.29, 0.717) is 6.61 Å². The van der Waals surface area contributed by atoms with Crippen molar-refractivity contribution >= 4 is 23.5 Å². The van der Waals surface area contributed by atoms with Crippen molar-refractivity contribution in [2.24, 2.45) is 0 Å². The number of nitrogens with one attached hydrogen (secondary N) is 1. The number of rotatable bonds is 10. The third-order valence-corrected chi connectivity index (χ3v) is 3.47. The quantitative estimate of drug-likeness (QED) is 0.549. The van der Waals surface area contributed by atoms with Crippen molar-refractivity contribution in [3.05, 3.63) is 0 Å². The van der Waals surface area contributed by atoms with E-state index in [-0.39, 0.29) is 0 Å². The second kappa shape index (κ2) is 12.6. The first-order valence-corrected chi connectivity index (χ1v) is 7.19. The summed E-state index contributed by atoms with van der Waals surface area (Å²) in [5.41, 5.74) is 0. The molecule has 0 rings (SSSR count). The molecule has 0 amide bonds. The van der Waals surface area contributed by atoms with E-state index in [1.165, 1.54) is 11.5 Å². The molecule has 0 aromatic carbocycles. The number of thioether (sulfide) groups is 2. The van der Waals surface area contributed by atoms with Gasteiger partial charge in [0, 0.05) is 31.2 Å². The maximum Gasteiger partial charge on any atom is 0.0438 e. The standard InChI is InChI=1S/C9H21NOS2/c1-2-12-8-4-10-5-9-13-7-3-6-11/h10-11H,2-9H2,1H3. The zero-order valence-electron chi connectivity index (χ0n) is 8.42. The van der Waals surface area contributed by atoms with Crippen LogP contribution in [0.25, 0.3) is 0 Å². The van der Waals surface area contributed by atoms with Crippen LogP contribution in [0.4, 0.5) is 0 Å². The molecule has 0 fully saturated rings. The van der Waals surface area contributed by atoms with Gasteiger partial charge < -0.3 is 10.4 Å². The molecular weight excluding hydrogens is 202 g/mol. The molecule has 80 valence electrons. The molecule has 4 heteroatoms. The van der Waals surface area contributed by atoms with Crippen molar-refractivity contribution in [1.82, 2.24) is 5.32 Å². The molecule has 0 aromatic rings. The largest absolute Gasteiger partial charge is 0.396 e. The van der Waals surface area contributed by atoms with E-state index in [2.05, 4.69) is 12.2 Å². The highest BCUT2D eigenvalue weighted by Crippen LogP contribution is 2.00. The average Bonchev–Trinajstić information content (AvgIpc) is 2.16. The molecule has 0 saturated heterocycles. The van der Waals surface area contributed by atoms with Gasteiger partial charge in [0.2, 0.25) is 0 Å². The van der Waals surface area contributed by atoms with Crippen molar-refractivity contribution in [2.45, 2.75) is 13.3 Å². The SMILES string of the molecule is CCSCCNCCSCCCO. The molecule has 2 N–H and O–H groups in total. The molecule has 0 aromatic heterocycles. The minimum Gasteiger partial charge on any atom is -0.396 e. The molecule has 0 saturated carbocycles. The monoisotopic (exact) mass is 223 g/mol. The van der Waals surface area contributed by atoms with Crippen LogP contribution in [0.3, 0.4) is 0 Å². The van der Waals surface area contributed by atoms with Gasteiger partial charge in [0.25, 0.3) is 0 Å². The normalized spacial score (nSPS) is 10.6. The van der Waals surface area contributed by atoms with Gasteiger partial charge >= 0.3 is 0 Å². The van der Waals surface area contributed by atoms with Crippen LogP contribution in [0.2, 0.25) is 0 Å². The fraction of sp³-hybridized carbons (Fsp3) is 1.00. The van der Waals surface area contributed by atoms with Crippen molar-refractivity contribution in [2.75, 3.05) is 42.7 Å². The van der Waals surface area contributed by atoms with E-state index >= 15 is 0 Å². The summed E-state index contributed by atoms with van der Waals surface area (Å²) < 4.78 is 0. The first-order valence-electron chi connectivity index (χ1n) is 4.89. The first-order chi connectivity index (χ1) is 6.41. The molecular formula is C9H21NOS2. The predicted molar refractivity (Wildman–Crippen MR) is 64.9 cm³/mol. The van der Waals surface area contributed by atoms with Gasteiger partial charge in [0.05, 0.1) is 0 Å². The Kier molecular flexibility index (Phi) is 13.2. The van der Waals surface area contributed by atoms with Crippen molar-refractivity contribution in [1.29, 1.82) is 0 Å². The van der Waals surface area contributed by atoms with E-state index in [0.717, 1.165) is 31.0 Å². The Morgan fingerprint density at radius 3 is 2.38 bits per heavy atom. The molecule has 0 radical (unpaired) electrons. The molecule has 2 nitrogen and oxygen atoms in total. The lowest BCUT2D eigenvalue weighted by Gasteiger charge is -2.03. The van der Waals surface area contributed by atoms with Crippen LogP contribution < -0.4 is 5.32 Å². The molecule has 0 bridgehead atoms. The van der Waals surface area contributed by atoms with E-state index in [4.69, 9.17) is 5.11 Å². The Labute approximate surface area is 90.2 Å². The third-order valence-electron chi connectivity index (χ3n) is 1.50. The topological polar surface area (TPSA) is 32.3 Å². The Morgan fingerprint density at radius 2 is 1.77 bits per heavy atom. The van der Waals surface area contributed by atoms with Gasteiger partial charge in [-0.15, -0.1) is 0 Å². The minimum atomic E-state index is 0.327. The summed E-state index contributed by atoms with van der Waals surface area (Å²) in [4.78, 5) is 0. The molecule has 0 spiro atoms. The number of hydrogen-bond acceptors (Lipinski definition) is 4. The highest BCUT2D eigenvalue weighted by molar-refractivity contribution is 7.99. The molecule has 0 unspecified atom stereocenters. The summed E-state index contributed by atoms with van der Waals surface area (Å²) in [7, 11) is 0. The fourth-order valence-corrected chi connectivity index (χ4v) is 2.23. The van der Waals surface area contributed by atoms with Gasteiger partial charge in [0.1, 0.15) is 0 Å². The van der Waals surface area contributed by atoms with Gasteiger partial charge in [-0.3, -0.25) is 0 Å². The molecule has 0 atom stereocenters. The number of hydrogen-bond donors (Lipinski definition) is 2. The van der Waals surface area contributed by atoms with E-state index in [9.17, 15) is 0 Å². The lowest BCUT2D eigenvalue weighted by molar-refractivity contribution is 0.296. The highest BCUT2D eigenvalue weighted by Gasteiger charge is 1.89. The van der Waals surface area contributed by atoms with Gasteiger partial charge in [-0.2, -0.15) is 23.5 Å². The minimum absolute atomic E-state index is 0.327. The molecule has 13 heavy (non-hydrogen) atoms. The molecule has 0 heterocycles. The summed E-state index contributed by atoms with van der Waals surface area (Å²) in [6, 6.07) is 0. The van der Waals surface area contributed by atoms with Crippen molar-refractivity contribution in [3.63, 3.8) is 0 Å². The first kappa shape index (κ1) is 13.6. The Hall–Kier alpha value is 0.620. The van der Waals surface area contributed by atoms with Crippen LogP contribution >= 0.6 is 23.5 Å². The van der Waals surface area contributed by atoms with Crippen LogP contribution in [-0.2, 0) is 0 Å². The average molecular weight is 223 g/mol. The van der Waals surface area contributed by atoms with Crippen molar-refractivity contribution in [3.8, 4) is 0 Å². The van der Waals surface area contributed by atoms with Crippen LogP contribution in [0.1, 0.15) is 13.3 Å². The van der Waals surface area contributed by atoms with Crippen LogP contribution in [-0.4, -0.2) is 47.8 Å². The maximum atomic E-state index is 8.53. The highest BCUT2D eigenvalue weighted by atomic mass is 32.2. The van der Waals surface area contributed by atoms with Crippen LogP contribution in [0.5, 0.6) is 0 Å². The summed E-state index contributed by atoms with van der Waals surface area (Å²) in [5, 5.41) is 11.9. The summed E-state index contributed by atoms with van der Waals surface area (Å²) in [5.74, 6) is 4.68. The lowest BCUT2D eigenvalue weighted by atomic mass is 10.5. The summed E-state index contributed by atoms with van der Waals surface area (Å²) in [6.07, 6.45) is 0.927. The fourth-order valence-electron chi connectivity index (χ4n) is 0.827. The Morgan fingerprint density at radius 1 is 1.08 bits per heavy atom.